The van der Waals surface area contributed by atoms with E-state index in [1.54, 1.807) is 6.92 Å². The maximum Gasteiger partial charge on any atom is 0.158 e. The second-order valence-electron chi connectivity index (χ2n) is 3.17. The number of hydrogen-bond acceptors (Lipinski definition) is 4. The van der Waals surface area contributed by atoms with Gasteiger partial charge in [-0.25, -0.2) is 0 Å². The summed E-state index contributed by atoms with van der Waals surface area (Å²) in [6.07, 6.45) is -0.220. The third-order valence-electron chi connectivity index (χ3n) is 2.33. The molecule has 0 N–H and O–H groups in total. The Morgan fingerprint density at radius 3 is 2.93 bits per heavy atom. The van der Waals surface area contributed by atoms with E-state index in [2.05, 4.69) is 16.1 Å². The summed E-state index contributed by atoms with van der Waals surface area (Å²) in [6, 6.07) is 1.73. The van der Waals surface area contributed by atoms with E-state index in [0.29, 0.717) is 6.42 Å². The highest BCUT2D eigenvalue weighted by molar-refractivity contribution is 4.98. The van der Waals surface area contributed by atoms with Crippen molar-refractivity contribution in [1.29, 1.82) is 5.26 Å². The molecule has 76 valence electrons. The van der Waals surface area contributed by atoms with Gasteiger partial charge in [-0.1, -0.05) is 5.11 Å². The van der Waals surface area contributed by atoms with Crippen LogP contribution in [-0.4, -0.2) is 25.5 Å². The monoisotopic (exact) mass is 196 g/mol. The standard InChI is InChI=1S/C8H12N4O2/c1-5-6(4-9)7(11-12-10)3-8(13-2)14-5/h5-8H,3H2,1-2H3/t5-,6-,7-,8+/m1/s1. The average Bonchev–Trinajstić information content (AvgIpc) is 2.18. The van der Waals surface area contributed by atoms with Crippen LogP contribution in [0, 0.1) is 17.2 Å². The Bertz CT molecular complexity index is 282. The zero-order valence-electron chi connectivity index (χ0n) is 8.12. The molecule has 1 rings (SSSR count). The largest absolute Gasteiger partial charge is 0.356 e. The first-order valence-electron chi connectivity index (χ1n) is 4.35. The van der Waals surface area contributed by atoms with E-state index in [4.69, 9.17) is 20.3 Å². The van der Waals surface area contributed by atoms with Crippen molar-refractivity contribution in [2.24, 2.45) is 11.0 Å². The Labute approximate surface area is 82.0 Å². The molecule has 1 saturated heterocycles. The van der Waals surface area contributed by atoms with Gasteiger partial charge in [0.05, 0.1) is 24.1 Å². The van der Waals surface area contributed by atoms with Gasteiger partial charge in [0.1, 0.15) is 0 Å². The van der Waals surface area contributed by atoms with Crippen molar-refractivity contribution >= 4 is 0 Å². The molecule has 1 heterocycles. The lowest BCUT2D eigenvalue weighted by Crippen LogP contribution is -2.41. The second kappa shape index (κ2) is 4.82. The summed E-state index contributed by atoms with van der Waals surface area (Å²) in [5.41, 5.74) is 8.34. The van der Waals surface area contributed by atoms with E-state index < -0.39 is 5.92 Å². The molecule has 1 aliphatic heterocycles. The van der Waals surface area contributed by atoms with Crippen LogP contribution in [0.5, 0.6) is 0 Å². The van der Waals surface area contributed by atoms with Crippen molar-refractivity contribution in [3.8, 4) is 6.07 Å². The summed E-state index contributed by atoms with van der Waals surface area (Å²) in [6.45, 7) is 1.78. The Hall–Kier alpha value is -1.28. The summed E-state index contributed by atoms with van der Waals surface area (Å²) in [4.78, 5) is 2.72. The van der Waals surface area contributed by atoms with Crippen LogP contribution in [0.2, 0.25) is 0 Å². The highest BCUT2D eigenvalue weighted by Gasteiger charge is 2.36. The summed E-state index contributed by atoms with van der Waals surface area (Å²) in [7, 11) is 1.53. The fourth-order valence-corrected chi connectivity index (χ4v) is 1.56. The highest BCUT2D eigenvalue weighted by atomic mass is 16.7. The maximum absolute atomic E-state index is 8.86. The summed E-state index contributed by atoms with van der Waals surface area (Å²) in [5, 5.41) is 12.4. The zero-order valence-corrected chi connectivity index (χ0v) is 8.12. The normalized spacial score (nSPS) is 36.9. The predicted molar refractivity (Wildman–Crippen MR) is 48.0 cm³/mol. The Morgan fingerprint density at radius 2 is 2.43 bits per heavy atom. The second-order valence-corrected chi connectivity index (χ2v) is 3.17. The van der Waals surface area contributed by atoms with Gasteiger partial charge in [0.2, 0.25) is 0 Å². The summed E-state index contributed by atoms with van der Waals surface area (Å²) in [5.74, 6) is -0.391. The molecular formula is C8H12N4O2. The van der Waals surface area contributed by atoms with Crippen LogP contribution in [0.25, 0.3) is 10.4 Å². The Morgan fingerprint density at radius 1 is 1.71 bits per heavy atom. The van der Waals surface area contributed by atoms with Crippen molar-refractivity contribution in [3.05, 3.63) is 10.4 Å². The molecule has 0 unspecified atom stereocenters. The van der Waals surface area contributed by atoms with Gasteiger partial charge in [-0.15, -0.1) is 0 Å². The van der Waals surface area contributed by atoms with E-state index in [-0.39, 0.29) is 18.4 Å². The average molecular weight is 196 g/mol. The van der Waals surface area contributed by atoms with Gasteiger partial charge in [0.25, 0.3) is 0 Å². The minimum absolute atomic E-state index is 0.269. The molecule has 0 spiro atoms. The number of nitriles is 1. The molecule has 0 saturated carbocycles. The molecule has 0 aromatic rings. The molecule has 0 amide bonds. The van der Waals surface area contributed by atoms with Crippen LogP contribution in [0.1, 0.15) is 13.3 Å². The molecule has 0 bridgehead atoms. The number of rotatable bonds is 2. The predicted octanol–water partition coefficient (Wildman–Crippen LogP) is 1.59. The lowest BCUT2D eigenvalue weighted by Gasteiger charge is -2.34. The lowest BCUT2D eigenvalue weighted by atomic mass is 9.91. The van der Waals surface area contributed by atoms with Crippen LogP contribution in [-0.2, 0) is 9.47 Å². The Balaban J connectivity index is 2.77. The molecule has 1 fully saturated rings. The minimum Gasteiger partial charge on any atom is -0.356 e. The lowest BCUT2D eigenvalue weighted by molar-refractivity contribution is -0.189. The number of ether oxygens (including phenoxy) is 2. The van der Waals surface area contributed by atoms with Crippen LogP contribution in [0.15, 0.2) is 5.11 Å². The van der Waals surface area contributed by atoms with Gasteiger partial charge in [0.15, 0.2) is 6.29 Å². The zero-order chi connectivity index (χ0) is 10.6. The van der Waals surface area contributed by atoms with Gasteiger partial charge in [0, 0.05) is 18.4 Å². The first kappa shape index (κ1) is 10.8. The molecular weight excluding hydrogens is 184 g/mol. The molecule has 6 nitrogen and oxygen atoms in total. The fraction of sp³-hybridized carbons (Fsp3) is 0.875. The van der Waals surface area contributed by atoms with Gasteiger partial charge in [-0.05, 0) is 12.5 Å². The van der Waals surface area contributed by atoms with Crippen LogP contribution in [0.4, 0.5) is 0 Å². The SMILES string of the molecule is CO[C@@H]1C[C@@H](N=[N+]=[N-])[C@H](C#N)[C@@H](C)O1. The van der Waals surface area contributed by atoms with Crippen molar-refractivity contribution in [3.63, 3.8) is 0 Å². The first-order valence-corrected chi connectivity index (χ1v) is 4.35. The highest BCUT2D eigenvalue weighted by Crippen LogP contribution is 2.27. The van der Waals surface area contributed by atoms with Crippen molar-refractivity contribution in [2.45, 2.75) is 31.8 Å². The van der Waals surface area contributed by atoms with Crippen LogP contribution in [0.3, 0.4) is 0 Å². The van der Waals surface area contributed by atoms with Crippen LogP contribution < -0.4 is 0 Å². The van der Waals surface area contributed by atoms with E-state index in [1.807, 2.05) is 0 Å². The fourth-order valence-electron chi connectivity index (χ4n) is 1.56. The molecule has 0 aliphatic carbocycles. The summed E-state index contributed by atoms with van der Waals surface area (Å²) >= 11 is 0. The first-order chi connectivity index (χ1) is 6.72. The molecule has 0 aromatic heterocycles. The number of azide groups is 1. The smallest absolute Gasteiger partial charge is 0.158 e. The molecule has 4 atom stereocenters. The quantitative estimate of drug-likeness (QED) is 0.381. The molecule has 14 heavy (non-hydrogen) atoms. The van der Waals surface area contributed by atoms with Gasteiger partial charge < -0.3 is 9.47 Å². The van der Waals surface area contributed by atoms with E-state index in [9.17, 15) is 0 Å². The molecule has 0 aromatic carbocycles. The summed E-state index contributed by atoms with van der Waals surface area (Å²) < 4.78 is 10.4. The third-order valence-corrected chi connectivity index (χ3v) is 2.33. The van der Waals surface area contributed by atoms with Gasteiger partial charge >= 0.3 is 0 Å². The van der Waals surface area contributed by atoms with E-state index in [0.717, 1.165) is 0 Å². The minimum atomic E-state index is -0.391. The van der Waals surface area contributed by atoms with Gasteiger partial charge in [-0.3, -0.25) is 0 Å². The van der Waals surface area contributed by atoms with E-state index in [1.165, 1.54) is 7.11 Å². The van der Waals surface area contributed by atoms with Crippen molar-refractivity contribution < 1.29 is 9.47 Å². The molecule has 6 heteroatoms. The maximum atomic E-state index is 8.86. The molecule has 0 radical (unpaired) electrons. The molecule has 1 aliphatic rings. The van der Waals surface area contributed by atoms with Crippen LogP contribution >= 0.6 is 0 Å². The number of methoxy groups -OCH3 is 1. The Kier molecular flexibility index (Phi) is 3.72. The van der Waals surface area contributed by atoms with Crippen molar-refractivity contribution in [2.75, 3.05) is 7.11 Å². The number of nitrogens with zero attached hydrogens (tertiary/aromatic N) is 4. The van der Waals surface area contributed by atoms with Crippen molar-refractivity contribution in [1.82, 2.24) is 0 Å². The van der Waals surface area contributed by atoms with E-state index >= 15 is 0 Å². The third kappa shape index (κ3) is 2.15. The number of hydrogen-bond donors (Lipinski definition) is 0. The van der Waals surface area contributed by atoms with Gasteiger partial charge in [-0.2, -0.15) is 5.26 Å². The topological polar surface area (TPSA) is 91.0 Å².